The molecule has 190 valence electrons. The van der Waals surface area contributed by atoms with E-state index in [1.165, 1.54) is 16.7 Å². The van der Waals surface area contributed by atoms with Crippen LogP contribution in [0.3, 0.4) is 0 Å². The van der Waals surface area contributed by atoms with E-state index in [-0.39, 0.29) is 11.7 Å². The van der Waals surface area contributed by atoms with E-state index in [4.69, 9.17) is 4.99 Å². The highest BCUT2D eigenvalue weighted by Crippen LogP contribution is 2.38. The molecule has 0 radical (unpaired) electrons. The Kier molecular flexibility index (Phi) is 5.11. The summed E-state index contributed by atoms with van der Waals surface area (Å²) in [5.74, 6) is 0.526. The van der Waals surface area contributed by atoms with E-state index in [2.05, 4.69) is 32.9 Å². The summed E-state index contributed by atoms with van der Waals surface area (Å²) < 4.78 is 34.5. The second-order valence-corrected chi connectivity index (χ2v) is 10.5. The fourth-order valence-corrected chi connectivity index (χ4v) is 6.24. The van der Waals surface area contributed by atoms with Crippen molar-refractivity contribution in [3.05, 3.63) is 137 Å². The Labute approximate surface area is 226 Å². The van der Waals surface area contributed by atoms with Crippen molar-refractivity contribution in [1.82, 2.24) is 4.81 Å². The summed E-state index contributed by atoms with van der Waals surface area (Å²) >= 11 is 0. The van der Waals surface area contributed by atoms with E-state index in [0.29, 0.717) is 11.1 Å². The van der Waals surface area contributed by atoms with Gasteiger partial charge in [0.1, 0.15) is 0 Å². The maximum atomic E-state index is 16.7. The van der Waals surface area contributed by atoms with Crippen LogP contribution in [0.2, 0.25) is 0 Å². The molecule has 0 N–H and O–H groups in total. The minimum atomic E-state index is -4.23. The van der Waals surface area contributed by atoms with E-state index >= 15 is 8.63 Å². The van der Waals surface area contributed by atoms with Gasteiger partial charge in [0.2, 0.25) is 5.84 Å². The van der Waals surface area contributed by atoms with Gasteiger partial charge in [-0.05, 0) is 89.6 Å². The second-order valence-electron chi connectivity index (χ2n) is 10.5. The number of aromatic nitrogens is 1. The lowest BCUT2D eigenvalue weighted by Gasteiger charge is -2.40. The van der Waals surface area contributed by atoms with E-state index in [9.17, 15) is 0 Å². The Morgan fingerprint density at radius 1 is 0.718 bits per heavy atom. The third kappa shape index (κ3) is 3.55. The summed E-state index contributed by atoms with van der Waals surface area (Å²) in [5.41, 5.74) is 9.42. The average molecular weight is 513 g/mol. The van der Waals surface area contributed by atoms with Crippen LogP contribution in [-0.2, 0) is 0 Å². The van der Waals surface area contributed by atoms with Crippen LogP contribution in [0.15, 0.2) is 108 Å². The maximum Gasteiger partial charge on any atom is 0.642 e. The summed E-state index contributed by atoms with van der Waals surface area (Å²) in [6.45, 7) is 2.05. The van der Waals surface area contributed by atoms with Crippen molar-refractivity contribution in [2.75, 3.05) is 0 Å². The predicted octanol–water partition coefficient (Wildman–Crippen LogP) is 7.74. The van der Waals surface area contributed by atoms with Crippen LogP contribution < -0.4 is 4.48 Å². The summed E-state index contributed by atoms with van der Waals surface area (Å²) in [5, 5.41) is 0.750. The summed E-state index contributed by atoms with van der Waals surface area (Å²) in [7, 11) is 0. The summed E-state index contributed by atoms with van der Waals surface area (Å²) in [6.07, 6.45) is 1.57. The maximum absolute atomic E-state index is 16.7. The standard InChI is InChI=1S/C33H26BF2N3/c1-21-17-22(2)32(23(3)18-21)26-13-15-30-25(19-26)14-16-31-37-33-28-12-8-7-11-27(28)29(24-9-5-4-6-10-24)20-38(33)34(35,36)39(30)31/h4-20H,1-3H3. The van der Waals surface area contributed by atoms with Gasteiger partial charge >= 0.3 is 6.97 Å². The normalized spacial score (nSPS) is 15.3. The molecule has 2 aliphatic rings. The molecular weight excluding hydrogens is 487 g/mol. The molecule has 0 amide bonds. The van der Waals surface area contributed by atoms with Crippen LogP contribution in [0.25, 0.3) is 27.6 Å². The minimum absolute atomic E-state index is 0.251. The zero-order valence-corrected chi connectivity index (χ0v) is 22.0. The Morgan fingerprint density at radius 2 is 1.41 bits per heavy atom. The van der Waals surface area contributed by atoms with Crippen LogP contribution in [0.4, 0.5) is 14.4 Å². The topological polar surface area (TPSA) is 19.5 Å². The predicted molar refractivity (Wildman–Crippen MR) is 155 cm³/mol. The Hall–Kier alpha value is -4.58. The number of aliphatic imine (C=N–C) groups is 1. The zero-order valence-electron chi connectivity index (χ0n) is 22.0. The fraction of sp³-hybridized carbons (Fsp3) is 0.0909. The number of fused-ring (bicyclic) bond motifs is 6. The zero-order chi connectivity index (χ0) is 26.9. The number of hydrogen-bond donors (Lipinski definition) is 0. The molecule has 0 bridgehead atoms. The number of halogens is 2. The molecule has 6 heteroatoms. The van der Waals surface area contributed by atoms with Crippen molar-refractivity contribution in [2.24, 2.45) is 4.99 Å². The Balaban J connectivity index is 1.44. The van der Waals surface area contributed by atoms with Crippen LogP contribution >= 0.6 is 0 Å². The fourth-order valence-electron chi connectivity index (χ4n) is 6.24. The monoisotopic (exact) mass is 513 g/mol. The molecule has 5 aromatic rings. The first-order valence-electron chi connectivity index (χ1n) is 13.2. The molecule has 7 rings (SSSR count). The highest BCUT2D eigenvalue weighted by atomic mass is 19.2. The van der Waals surface area contributed by atoms with Crippen molar-refractivity contribution < 1.29 is 13.1 Å². The lowest BCUT2D eigenvalue weighted by atomic mass is 9.82. The van der Waals surface area contributed by atoms with Crippen LogP contribution in [0.1, 0.15) is 33.4 Å². The average Bonchev–Trinajstić information content (AvgIpc) is 2.92. The lowest BCUT2D eigenvalue weighted by molar-refractivity contribution is -0.532. The third-order valence-electron chi connectivity index (χ3n) is 7.83. The molecule has 0 atom stereocenters. The minimum Gasteiger partial charge on any atom is -0.414 e. The van der Waals surface area contributed by atoms with Crippen molar-refractivity contribution >= 4 is 35.1 Å². The molecule has 0 spiro atoms. The van der Waals surface area contributed by atoms with Crippen molar-refractivity contribution in [2.45, 2.75) is 20.8 Å². The molecule has 0 saturated heterocycles. The number of benzene rings is 4. The highest BCUT2D eigenvalue weighted by Gasteiger charge is 2.51. The molecule has 39 heavy (non-hydrogen) atoms. The van der Waals surface area contributed by atoms with E-state index in [1.54, 1.807) is 12.3 Å². The SMILES string of the molecule is Cc1cc(C)c(-c2ccc3c(ccc4[n+]3[B-](F)(F)N3C=C(c5ccccc5)c5ccccc5C3=N4)c2)c(C)c1. The van der Waals surface area contributed by atoms with Gasteiger partial charge in [-0.1, -0.05) is 72.3 Å². The van der Waals surface area contributed by atoms with E-state index in [0.717, 1.165) is 42.5 Å². The van der Waals surface area contributed by atoms with Crippen LogP contribution in [-0.4, -0.2) is 17.6 Å². The molecule has 2 aliphatic heterocycles. The van der Waals surface area contributed by atoms with Crippen LogP contribution in [0, 0.1) is 20.8 Å². The number of pyridine rings is 1. The van der Waals surface area contributed by atoms with Gasteiger partial charge in [-0.3, -0.25) is 0 Å². The summed E-state index contributed by atoms with van der Waals surface area (Å²) in [4.78, 5) is 5.88. The van der Waals surface area contributed by atoms with Gasteiger partial charge in [0.15, 0.2) is 0 Å². The van der Waals surface area contributed by atoms with E-state index < -0.39 is 6.97 Å². The molecule has 0 fully saturated rings. The highest BCUT2D eigenvalue weighted by molar-refractivity contribution is 6.59. The molecule has 0 unspecified atom stereocenters. The van der Waals surface area contributed by atoms with Crippen molar-refractivity contribution in [3.63, 3.8) is 0 Å². The molecule has 4 aromatic carbocycles. The summed E-state index contributed by atoms with van der Waals surface area (Å²) in [6, 6.07) is 31.0. The smallest absolute Gasteiger partial charge is 0.414 e. The van der Waals surface area contributed by atoms with Crippen molar-refractivity contribution in [1.29, 1.82) is 0 Å². The number of rotatable bonds is 2. The molecule has 3 nitrogen and oxygen atoms in total. The molecule has 0 aliphatic carbocycles. The second kappa shape index (κ2) is 8.47. The van der Waals surface area contributed by atoms with Crippen molar-refractivity contribution in [3.8, 4) is 11.1 Å². The van der Waals surface area contributed by atoms with Gasteiger partial charge in [-0.25, -0.2) is 0 Å². The number of hydrogen-bond acceptors (Lipinski definition) is 2. The number of amidine groups is 1. The molecule has 0 saturated carbocycles. The number of aryl methyl sites for hydroxylation is 3. The third-order valence-corrected chi connectivity index (χ3v) is 7.83. The van der Waals surface area contributed by atoms with Gasteiger partial charge in [-0.15, -0.1) is 0 Å². The first-order valence-corrected chi connectivity index (χ1v) is 13.2. The lowest BCUT2D eigenvalue weighted by Crippen LogP contribution is -2.71. The van der Waals surface area contributed by atoms with Gasteiger partial charge in [0.25, 0.3) is 5.82 Å². The Morgan fingerprint density at radius 3 is 2.15 bits per heavy atom. The molecular formula is C33H26BF2N3. The largest absolute Gasteiger partial charge is 0.642 e. The van der Waals surface area contributed by atoms with E-state index in [1.807, 2.05) is 78.9 Å². The van der Waals surface area contributed by atoms with Gasteiger partial charge in [-0.2, -0.15) is 0 Å². The number of nitrogens with zero attached hydrogens (tertiary/aromatic N) is 3. The first kappa shape index (κ1) is 23.5. The molecule has 3 heterocycles. The van der Waals surface area contributed by atoms with Crippen LogP contribution in [0.5, 0.6) is 0 Å². The van der Waals surface area contributed by atoms with Gasteiger partial charge in [0.05, 0.1) is 5.52 Å². The van der Waals surface area contributed by atoms with Gasteiger partial charge < -0.3 is 17.9 Å². The quantitative estimate of drug-likeness (QED) is 0.221. The Bertz CT molecular complexity index is 1850. The first-order chi connectivity index (χ1) is 18.8. The molecule has 1 aromatic heterocycles. The van der Waals surface area contributed by atoms with Gasteiger partial charge in [0, 0.05) is 22.6 Å².